The van der Waals surface area contributed by atoms with Crippen LogP contribution in [0.1, 0.15) is 0 Å². The van der Waals surface area contributed by atoms with Gasteiger partial charge in [-0.2, -0.15) is 6.61 Å². The molecule has 3 atom stereocenters. The van der Waals surface area contributed by atoms with E-state index in [0.29, 0.717) is 0 Å². The number of ether oxygens (including phenoxy) is 2. The minimum Gasteiger partial charge on any atom is -0.544 e. The molecule has 13 heavy (non-hydrogen) atoms. The van der Waals surface area contributed by atoms with E-state index in [1.165, 1.54) is 6.61 Å². The minimum atomic E-state index is -0.830. The molecule has 1 saturated heterocycles. The van der Waals surface area contributed by atoms with Gasteiger partial charge in [-0.05, 0) is 6.10 Å². The van der Waals surface area contributed by atoms with Gasteiger partial charge in [-0.15, -0.1) is 6.42 Å². The van der Waals surface area contributed by atoms with Crippen LogP contribution in [0.15, 0.2) is 0 Å². The van der Waals surface area contributed by atoms with Gasteiger partial charge in [0.05, 0.1) is 18.8 Å². The average molecular weight is 409 g/mol. The number of hydrogen-bond acceptors (Lipinski definition) is 4. The smallest absolute Gasteiger partial charge is 0.104 e. The zero-order chi connectivity index (χ0) is 8.97. The molecular weight excluding hydrogens is 398 g/mol. The summed E-state index contributed by atoms with van der Waals surface area (Å²) >= 11 is 0. The van der Waals surface area contributed by atoms with Crippen LogP contribution in [-0.4, -0.2) is 41.7 Å². The maximum atomic E-state index is 9.37. The van der Waals surface area contributed by atoms with E-state index in [2.05, 4.69) is 5.92 Å². The largest absolute Gasteiger partial charge is 0.544 e. The van der Waals surface area contributed by atoms with Crippen LogP contribution < -0.4 is 0 Å². The molecule has 1 heterocycles. The summed E-state index contributed by atoms with van der Waals surface area (Å²) in [6, 6.07) is 0. The van der Waals surface area contributed by atoms with Gasteiger partial charge in [-0.25, -0.2) is 0 Å². The SMILES string of the molecule is C#CCOC1[CH-]O[C@H](CO)C1O.[U]. The molecule has 1 aliphatic rings. The normalized spacial score (nSPS) is 32.2. The molecule has 1 rings (SSSR count). The Morgan fingerprint density at radius 3 is 2.77 bits per heavy atom. The molecular formula is C8H11O4U-. The van der Waals surface area contributed by atoms with E-state index in [1.54, 1.807) is 0 Å². The first-order valence-electron chi connectivity index (χ1n) is 3.62. The summed E-state index contributed by atoms with van der Waals surface area (Å²) in [5.74, 6) is 2.28. The molecule has 72 valence electrons. The van der Waals surface area contributed by atoms with Crippen LogP contribution in [0.3, 0.4) is 0 Å². The number of aliphatic hydroxyl groups is 2. The van der Waals surface area contributed by atoms with E-state index in [4.69, 9.17) is 21.0 Å². The van der Waals surface area contributed by atoms with Crippen LogP contribution in [0.5, 0.6) is 0 Å². The first-order valence-corrected chi connectivity index (χ1v) is 3.62. The molecule has 0 aromatic heterocycles. The second-order valence-electron chi connectivity index (χ2n) is 2.46. The molecule has 1 aliphatic heterocycles. The second kappa shape index (κ2) is 6.84. The maximum Gasteiger partial charge on any atom is 0.104 e. The Hall–Kier alpha value is 0.452. The average Bonchev–Trinajstić information content (AvgIpc) is 2.43. The van der Waals surface area contributed by atoms with Gasteiger partial charge in [0.1, 0.15) is 6.61 Å². The van der Waals surface area contributed by atoms with Gasteiger partial charge in [-0.1, -0.05) is 5.92 Å². The van der Waals surface area contributed by atoms with Gasteiger partial charge in [0.15, 0.2) is 0 Å². The molecule has 4 nitrogen and oxygen atoms in total. The van der Waals surface area contributed by atoms with Gasteiger partial charge in [0.25, 0.3) is 0 Å². The fourth-order valence-electron chi connectivity index (χ4n) is 0.984. The Kier molecular flexibility index (Phi) is 7.08. The van der Waals surface area contributed by atoms with E-state index in [1.807, 2.05) is 0 Å². The summed E-state index contributed by atoms with van der Waals surface area (Å²) in [7, 11) is 0. The standard InChI is InChI=1S/C8H11O4.U/c1-2-3-11-7-5-12-6(4-9)8(7)10;/h1,5-10H,3-4H2;/q-1;/t6-,7?,8?;/m1./s1. The molecule has 0 saturated carbocycles. The maximum absolute atomic E-state index is 9.37. The third kappa shape index (κ3) is 3.60. The summed E-state index contributed by atoms with van der Waals surface area (Å²) in [6.45, 7) is 1.25. The van der Waals surface area contributed by atoms with Crippen molar-refractivity contribution in [2.45, 2.75) is 18.3 Å². The van der Waals surface area contributed by atoms with Crippen molar-refractivity contribution in [2.75, 3.05) is 13.2 Å². The molecule has 0 aliphatic carbocycles. The third-order valence-electron chi connectivity index (χ3n) is 1.64. The van der Waals surface area contributed by atoms with Crippen molar-refractivity contribution < 1.29 is 50.8 Å². The summed E-state index contributed by atoms with van der Waals surface area (Å²) in [5.41, 5.74) is 0. The number of hydrogen-bond donors (Lipinski definition) is 2. The van der Waals surface area contributed by atoms with Crippen LogP contribution in [-0.2, 0) is 9.47 Å². The predicted molar refractivity (Wildman–Crippen MR) is 40.8 cm³/mol. The molecule has 0 radical (unpaired) electrons. The fourth-order valence-corrected chi connectivity index (χ4v) is 0.984. The van der Waals surface area contributed by atoms with Gasteiger partial charge in [0.2, 0.25) is 0 Å². The van der Waals surface area contributed by atoms with Gasteiger partial charge >= 0.3 is 0 Å². The quantitative estimate of drug-likeness (QED) is 0.460. The molecule has 1 fully saturated rings. The Morgan fingerprint density at radius 1 is 1.62 bits per heavy atom. The fraction of sp³-hybridized carbons (Fsp3) is 0.625. The van der Waals surface area contributed by atoms with E-state index in [0.717, 1.165) is 0 Å². The van der Waals surface area contributed by atoms with E-state index >= 15 is 0 Å². The molecule has 0 spiro atoms. The van der Waals surface area contributed by atoms with Gasteiger partial charge in [0, 0.05) is 31.1 Å². The first kappa shape index (κ1) is 13.5. The van der Waals surface area contributed by atoms with Crippen LogP contribution in [0.4, 0.5) is 0 Å². The summed E-state index contributed by atoms with van der Waals surface area (Å²) in [6.07, 6.45) is 3.01. The van der Waals surface area contributed by atoms with Crippen molar-refractivity contribution in [2.24, 2.45) is 0 Å². The Bertz CT molecular complexity index is 179. The monoisotopic (exact) mass is 409 g/mol. The number of rotatable bonds is 3. The van der Waals surface area contributed by atoms with E-state index in [-0.39, 0.29) is 44.3 Å². The van der Waals surface area contributed by atoms with E-state index in [9.17, 15) is 5.11 Å². The Labute approximate surface area is 101 Å². The topological polar surface area (TPSA) is 58.9 Å². The van der Waals surface area contributed by atoms with Crippen molar-refractivity contribution in [1.82, 2.24) is 0 Å². The van der Waals surface area contributed by atoms with Gasteiger partial charge in [-0.3, -0.25) is 0 Å². The van der Waals surface area contributed by atoms with Gasteiger partial charge < -0.3 is 19.7 Å². The molecule has 0 amide bonds. The first-order chi connectivity index (χ1) is 5.79. The Balaban J connectivity index is 0.00000144. The molecule has 5 heteroatoms. The van der Waals surface area contributed by atoms with Crippen molar-refractivity contribution in [3.63, 3.8) is 0 Å². The zero-order valence-electron chi connectivity index (χ0n) is 7.01. The predicted octanol–water partition coefficient (Wildman–Crippen LogP) is -1.08. The molecule has 0 aromatic rings. The van der Waals surface area contributed by atoms with Crippen molar-refractivity contribution in [3.8, 4) is 12.3 Å². The van der Waals surface area contributed by atoms with Crippen LogP contribution in [0.2, 0.25) is 0 Å². The van der Waals surface area contributed by atoms with Crippen molar-refractivity contribution >= 4 is 0 Å². The van der Waals surface area contributed by atoms with E-state index < -0.39 is 18.3 Å². The molecule has 0 bridgehead atoms. The Morgan fingerprint density at radius 2 is 2.31 bits per heavy atom. The van der Waals surface area contributed by atoms with Crippen LogP contribution >= 0.6 is 0 Å². The molecule has 2 unspecified atom stereocenters. The summed E-state index contributed by atoms with van der Waals surface area (Å²) < 4.78 is 9.92. The van der Waals surface area contributed by atoms with Crippen molar-refractivity contribution in [3.05, 3.63) is 6.61 Å². The summed E-state index contributed by atoms with van der Waals surface area (Å²) in [4.78, 5) is 0. The molecule has 0 aromatic carbocycles. The van der Waals surface area contributed by atoms with Crippen LogP contribution in [0, 0.1) is 50.1 Å². The molecule has 2 N–H and O–H groups in total. The summed E-state index contributed by atoms with van der Waals surface area (Å²) in [5, 5.41) is 18.0. The van der Waals surface area contributed by atoms with Crippen molar-refractivity contribution in [1.29, 1.82) is 0 Å². The number of terminal acetylenes is 1. The second-order valence-corrected chi connectivity index (χ2v) is 2.46. The zero-order valence-corrected chi connectivity index (χ0v) is 11.2. The van der Waals surface area contributed by atoms with Crippen LogP contribution in [0.25, 0.3) is 0 Å². The number of aliphatic hydroxyl groups excluding tert-OH is 2. The third-order valence-corrected chi connectivity index (χ3v) is 1.64. The minimum absolute atomic E-state index is 0.